The van der Waals surface area contributed by atoms with Gasteiger partial charge in [-0.05, 0) is 45.4 Å². The third kappa shape index (κ3) is 5.49. The molecule has 19 heavy (non-hydrogen) atoms. The van der Waals surface area contributed by atoms with Crippen LogP contribution in [-0.4, -0.2) is 22.9 Å². The van der Waals surface area contributed by atoms with Gasteiger partial charge in [0.05, 0.1) is 12.1 Å². The third-order valence-corrected chi connectivity index (χ3v) is 2.64. The van der Waals surface area contributed by atoms with E-state index in [4.69, 9.17) is 16.3 Å². The highest BCUT2D eigenvalue weighted by Gasteiger charge is 2.23. The average Bonchev–Trinajstić information content (AvgIpc) is 2.24. The highest BCUT2D eigenvalue weighted by atomic mass is 35.5. The number of carbonyl (C=O) groups is 1. The van der Waals surface area contributed by atoms with Crippen molar-refractivity contribution in [1.29, 1.82) is 0 Å². The fraction of sp³-hybridized carbons (Fsp3) is 0.500. The van der Waals surface area contributed by atoms with E-state index in [9.17, 15) is 9.90 Å². The Hall–Kier alpha value is -1.26. The predicted octanol–water partition coefficient (Wildman–Crippen LogP) is 3.29. The number of aliphatic hydroxyl groups excluding tert-OH is 1. The van der Waals surface area contributed by atoms with E-state index >= 15 is 0 Å². The van der Waals surface area contributed by atoms with Crippen molar-refractivity contribution in [3.05, 3.63) is 34.9 Å². The molecule has 1 aromatic rings. The number of nitrogens with one attached hydrogen (secondary N) is 1. The molecule has 0 aromatic heterocycles. The number of rotatable bonds is 3. The molecule has 0 spiro atoms. The van der Waals surface area contributed by atoms with Crippen molar-refractivity contribution in [3.63, 3.8) is 0 Å². The van der Waals surface area contributed by atoms with Crippen molar-refractivity contribution in [2.45, 2.75) is 45.4 Å². The third-order valence-electron chi connectivity index (χ3n) is 2.38. The van der Waals surface area contributed by atoms with Gasteiger partial charge in [0.1, 0.15) is 5.60 Å². The van der Waals surface area contributed by atoms with Crippen LogP contribution >= 0.6 is 11.6 Å². The lowest BCUT2D eigenvalue weighted by molar-refractivity contribution is 0.0436. The van der Waals surface area contributed by atoms with Crippen LogP contribution in [-0.2, 0) is 4.74 Å². The first-order valence-electron chi connectivity index (χ1n) is 6.12. The number of alkyl carbamates (subject to hydrolysis) is 1. The second-order valence-electron chi connectivity index (χ2n) is 5.42. The Kier molecular flexibility index (Phi) is 5.20. The summed E-state index contributed by atoms with van der Waals surface area (Å²) < 4.78 is 5.18. The number of benzene rings is 1. The highest BCUT2D eigenvalue weighted by Crippen LogP contribution is 2.20. The van der Waals surface area contributed by atoms with Crippen LogP contribution in [0.4, 0.5) is 4.79 Å². The lowest BCUT2D eigenvalue weighted by Gasteiger charge is -2.25. The molecule has 0 saturated heterocycles. The van der Waals surface area contributed by atoms with Crippen LogP contribution in [0.25, 0.3) is 0 Å². The maximum Gasteiger partial charge on any atom is 0.408 e. The summed E-state index contributed by atoms with van der Waals surface area (Å²) in [5.74, 6) is 0. The van der Waals surface area contributed by atoms with Crippen LogP contribution in [0.1, 0.15) is 39.3 Å². The number of aliphatic hydroxyl groups is 1. The van der Waals surface area contributed by atoms with Gasteiger partial charge in [-0.15, -0.1) is 0 Å². The SMILES string of the molecule is C[C@H](O)[C@H](NC(=O)OC(C)(C)C)c1ccc(Cl)cc1. The summed E-state index contributed by atoms with van der Waals surface area (Å²) in [6, 6.07) is 6.41. The Morgan fingerprint density at radius 3 is 2.26 bits per heavy atom. The molecular formula is C14H20ClNO3. The van der Waals surface area contributed by atoms with Crippen LogP contribution in [0.5, 0.6) is 0 Å². The van der Waals surface area contributed by atoms with Gasteiger partial charge in [0.25, 0.3) is 0 Å². The van der Waals surface area contributed by atoms with E-state index < -0.39 is 23.8 Å². The van der Waals surface area contributed by atoms with Crippen LogP contribution < -0.4 is 5.32 Å². The van der Waals surface area contributed by atoms with Crippen molar-refractivity contribution in [3.8, 4) is 0 Å². The van der Waals surface area contributed by atoms with Gasteiger partial charge >= 0.3 is 6.09 Å². The molecule has 4 nitrogen and oxygen atoms in total. The van der Waals surface area contributed by atoms with Gasteiger partial charge < -0.3 is 15.2 Å². The zero-order valence-corrected chi connectivity index (χ0v) is 12.4. The van der Waals surface area contributed by atoms with E-state index in [1.165, 1.54) is 0 Å². The van der Waals surface area contributed by atoms with E-state index in [1.807, 2.05) is 0 Å². The first-order chi connectivity index (χ1) is 8.69. The van der Waals surface area contributed by atoms with E-state index in [0.717, 1.165) is 5.56 Å². The van der Waals surface area contributed by atoms with Crippen LogP contribution in [0.2, 0.25) is 5.02 Å². The van der Waals surface area contributed by atoms with Gasteiger partial charge in [-0.1, -0.05) is 23.7 Å². The van der Waals surface area contributed by atoms with Crippen molar-refractivity contribution in [1.82, 2.24) is 5.32 Å². The first-order valence-corrected chi connectivity index (χ1v) is 6.50. The van der Waals surface area contributed by atoms with Gasteiger partial charge in [-0.25, -0.2) is 4.79 Å². The summed E-state index contributed by atoms with van der Waals surface area (Å²) in [4.78, 5) is 11.7. The Morgan fingerprint density at radius 2 is 1.84 bits per heavy atom. The number of halogens is 1. The fourth-order valence-electron chi connectivity index (χ4n) is 1.59. The normalized spacial score (nSPS) is 14.6. The van der Waals surface area contributed by atoms with Gasteiger partial charge in [-0.3, -0.25) is 0 Å². The largest absolute Gasteiger partial charge is 0.444 e. The van der Waals surface area contributed by atoms with E-state index in [-0.39, 0.29) is 0 Å². The highest BCUT2D eigenvalue weighted by molar-refractivity contribution is 6.30. The maximum atomic E-state index is 11.7. The minimum atomic E-state index is -0.742. The standard InChI is InChI=1S/C14H20ClNO3/c1-9(17)12(10-5-7-11(15)8-6-10)16-13(18)19-14(2,3)4/h5-9,12,17H,1-4H3,(H,16,18)/t9-,12-/m0/s1. The van der Waals surface area contributed by atoms with Gasteiger partial charge in [-0.2, -0.15) is 0 Å². The monoisotopic (exact) mass is 285 g/mol. The lowest BCUT2D eigenvalue weighted by atomic mass is 10.0. The number of amides is 1. The fourth-order valence-corrected chi connectivity index (χ4v) is 1.71. The Labute approximate surface area is 118 Å². The molecule has 0 fully saturated rings. The zero-order valence-electron chi connectivity index (χ0n) is 11.6. The summed E-state index contributed by atoms with van der Waals surface area (Å²) in [5.41, 5.74) is 0.193. The molecule has 2 atom stereocenters. The molecule has 5 heteroatoms. The first kappa shape index (κ1) is 15.8. The molecule has 0 aliphatic heterocycles. The summed E-state index contributed by atoms with van der Waals surface area (Å²) in [6.45, 7) is 6.96. The molecular weight excluding hydrogens is 266 g/mol. The number of hydrogen-bond acceptors (Lipinski definition) is 3. The minimum absolute atomic E-state index is 0.535. The van der Waals surface area contributed by atoms with Crippen molar-refractivity contribution < 1.29 is 14.6 Å². The molecule has 106 valence electrons. The molecule has 0 bridgehead atoms. The topological polar surface area (TPSA) is 58.6 Å². The van der Waals surface area contributed by atoms with E-state index in [2.05, 4.69) is 5.32 Å². The minimum Gasteiger partial charge on any atom is -0.444 e. The maximum absolute atomic E-state index is 11.7. The smallest absolute Gasteiger partial charge is 0.408 e. The van der Waals surface area contributed by atoms with Crippen LogP contribution in [0, 0.1) is 0 Å². The summed E-state index contributed by atoms with van der Waals surface area (Å²) in [6.07, 6.45) is -1.30. The molecule has 0 radical (unpaired) electrons. The van der Waals surface area contributed by atoms with Crippen LogP contribution in [0.15, 0.2) is 24.3 Å². The molecule has 0 aliphatic carbocycles. The summed E-state index contributed by atoms with van der Waals surface area (Å²) >= 11 is 5.81. The number of ether oxygens (including phenoxy) is 1. The second-order valence-corrected chi connectivity index (χ2v) is 5.85. The van der Waals surface area contributed by atoms with E-state index in [1.54, 1.807) is 52.0 Å². The number of hydrogen-bond donors (Lipinski definition) is 2. The number of carbonyl (C=O) groups excluding carboxylic acids is 1. The quantitative estimate of drug-likeness (QED) is 0.896. The van der Waals surface area contributed by atoms with Crippen molar-refractivity contribution in [2.24, 2.45) is 0 Å². The summed E-state index contributed by atoms with van der Waals surface area (Å²) in [5, 5.41) is 13.0. The molecule has 1 rings (SSSR count). The molecule has 0 aliphatic rings. The van der Waals surface area contributed by atoms with Gasteiger partial charge in [0.2, 0.25) is 0 Å². The lowest BCUT2D eigenvalue weighted by Crippen LogP contribution is -2.38. The molecule has 0 saturated carbocycles. The van der Waals surface area contributed by atoms with Gasteiger partial charge in [0, 0.05) is 5.02 Å². The second kappa shape index (κ2) is 6.26. The van der Waals surface area contributed by atoms with Gasteiger partial charge in [0.15, 0.2) is 0 Å². The molecule has 2 N–H and O–H groups in total. The zero-order chi connectivity index (χ0) is 14.6. The van der Waals surface area contributed by atoms with Crippen molar-refractivity contribution in [2.75, 3.05) is 0 Å². The molecule has 1 aromatic carbocycles. The average molecular weight is 286 g/mol. The molecule has 0 heterocycles. The van der Waals surface area contributed by atoms with E-state index in [0.29, 0.717) is 5.02 Å². The molecule has 1 amide bonds. The predicted molar refractivity (Wildman–Crippen MR) is 75.2 cm³/mol. The Bertz CT molecular complexity index is 423. The van der Waals surface area contributed by atoms with Crippen LogP contribution in [0.3, 0.4) is 0 Å². The summed E-state index contributed by atoms with van der Waals surface area (Å²) in [7, 11) is 0. The van der Waals surface area contributed by atoms with Crippen molar-refractivity contribution >= 4 is 17.7 Å². The Morgan fingerprint density at radius 1 is 1.32 bits per heavy atom. The molecule has 0 unspecified atom stereocenters. The Balaban J connectivity index is 2.79.